The Balaban J connectivity index is 1.39. The van der Waals surface area contributed by atoms with E-state index in [0.29, 0.717) is 6.42 Å². The molecule has 0 atom stereocenters. The predicted molar refractivity (Wildman–Crippen MR) is 111 cm³/mol. The molecule has 1 spiro atoms. The Kier molecular flexibility index (Phi) is 5.59. The van der Waals surface area contributed by atoms with Crippen molar-refractivity contribution in [1.82, 2.24) is 9.80 Å². The molecule has 0 aromatic heterocycles. The van der Waals surface area contributed by atoms with Crippen LogP contribution < -0.4 is 4.74 Å². The minimum absolute atomic E-state index is 0.0850. The first kappa shape index (κ1) is 19.9. The van der Waals surface area contributed by atoms with Crippen LogP contribution in [0.25, 0.3) is 0 Å². The zero-order valence-corrected chi connectivity index (χ0v) is 17.2. The Bertz CT molecular complexity index is 859. The minimum Gasteiger partial charge on any atom is -0.486 e. The maximum Gasteiger partial charge on any atom is 0.226 e. The molecule has 29 heavy (non-hydrogen) atoms. The highest BCUT2D eigenvalue weighted by Crippen LogP contribution is 2.39. The summed E-state index contributed by atoms with van der Waals surface area (Å²) in [5, 5.41) is 0. The minimum atomic E-state index is -0.276. The summed E-state index contributed by atoms with van der Waals surface area (Å²) in [5.74, 6) is 0.805. The second kappa shape index (κ2) is 8.15. The van der Waals surface area contributed by atoms with Gasteiger partial charge in [0.2, 0.25) is 5.91 Å². The number of ether oxygens (including phenoxy) is 1. The fourth-order valence-corrected chi connectivity index (χ4v) is 4.72. The van der Waals surface area contributed by atoms with Crippen LogP contribution in [0.2, 0.25) is 0 Å². The van der Waals surface area contributed by atoms with Gasteiger partial charge in [-0.15, -0.1) is 0 Å². The first-order valence-corrected chi connectivity index (χ1v) is 10.4. The van der Waals surface area contributed by atoms with Crippen LogP contribution in [0.15, 0.2) is 48.5 Å². The van der Waals surface area contributed by atoms with Crippen LogP contribution in [-0.4, -0.2) is 48.0 Å². The molecule has 5 heteroatoms. The fourth-order valence-electron chi connectivity index (χ4n) is 4.72. The zero-order chi connectivity index (χ0) is 20.4. The molecule has 4 nitrogen and oxygen atoms in total. The molecule has 0 bridgehead atoms. The maximum atomic E-state index is 13.1. The monoisotopic (exact) mass is 396 g/mol. The second-order valence-electron chi connectivity index (χ2n) is 8.60. The van der Waals surface area contributed by atoms with Crippen molar-refractivity contribution in [3.05, 3.63) is 65.5 Å². The smallest absolute Gasteiger partial charge is 0.226 e. The normalized spacial score (nSPS) is 24.4. The topological polar surface area (TPSA) is 32.8 Å². The van der Waals surface area contributed by atoms with E-state index in [9.17, 15) is 9.18 Å². The second-order valence-corrected chi connectivity index (χ2v) is 8.60. The van der Waals surface area contributed by atoms with Gasteiger partial charge in [0, 0.05) is 31.7 Å². The molecule has 0 saturated heterocycles. The number of hydrogen-bond acceptors (Lipinski definition) is 3. The molecule has 2 aromatic rings. The summed E-state index contributed by atoms with van der Waals surface area (Å²) >= 11 is 0. The molecule has 1 aliphatic carbocycles. The molecule has 0 N–H and O–H groups in total. The van der Waals surface area contributed by atoms with Gasteiger partial charge in [0.05, 0.1) is 6.42 Å². The lowest BCUT2D eigenvalue weighted by Crippen LogP contribution is -2.51. The summed E-state index contributed by atoms with van der Waals surface area (Å²) in [7, 11) is 4.04. The van der Waals surface area contributed by atoms with Crippen molar-refractivity contribution in [3.8, 4) is 5.75 Å². The number of amides is 1. The SMILES string of the molecule is CN1Cc2ccccc2OC2(CCC(N(C)C(=O)Cc3ccc(F)cc3)CC2)C1. The number of carbonyl (C=O) groups excluding carboxylic acids is 1. The van der Waals surface area contributed by atoms with Crippen molar-refractivity contribution in [3.63, 3.8) is 0 Å². The van der Waals surface area contributed by atoms with E-state index >= 15 is 0 Å². The lowest BCUT2D eigenvalue weighted by Gasteiger charge is -2.43. The lowest BCUT2D eigenvalue weighted by atomic mass is 9.81. The van der Waals surface area contributed by atoms with E-state index in [1.807, 2.05) is 18.0 Å². The van der Waals surface area contributed by atoms with Crippen LogP contribution in [0.3, 0.4) is 0 Å². The number of carbonyl (C=O) groups is 1. The van der Waals surface area contributed by atoms with E-state index in [1.165, 1.54) is 17.7 Å². The quantitative estimate of drug-likeness (QED) is 0.785. The van der Waals surface area contributed by atoms with Crippen molar-refractivity contribution in [2.24, 2.45) is 0 Å². The van der Waals surface area contributed by atoms with Gasteiger partial charge in [-0.1, -0.05) is 30.3 Å². The summed E-state index contributed by atoms with van der Waals surface area (Å²) in [5.41, 5.74) is 1.90. The predicted octanol–water partition coefficient (Wildman–Crippen LogP) is 4.03. The molecule has 4 rings (SSSR count). The molecule has 1 heterocycles. The highest BCUT2D eigenvalue weighted by Gasteiger charge is 2.41. The van der Waals surface area contributed by atoms with Gasteiger partial charge in [-0.25, -0.2) is 4.39 Å². The third-order valence-electron chi connectivity index (χ3n) is 6.37. The van der Waals surface area contributed by atoms with Crippen molar-refractivity contribution in [2.45, 2.75) is 50.3 Å². The fraction of sp³-hybridized carbons (Fsp3) is 0.458. The van der Waals surface area contributed by atoms with Crippen molar-refractivity contribution in [2.75, 3.05) is 20.6 Å². The van der Waals surface area contributed by atoms with Gasteiger partial charge in [0.15, 0.2) is 0 Å². The Hall–Kier alpha value is -2.40. The van der Waals surface area contributed by atoms with Gasteiger partial charge in [-0.2, -0.15) is 0 Å². The number of rotatable bonds is 3. The van der Waals surface area contributed by atoms with Gasteiger partial charge in [0.1, 0.15) is 17.2 Å². The van der Waals surface area contributed by atoms with E-state index in [0.717, 1.165) is 50.1 Å². The molecule has 0 unspecified atom stereocenters. The van der Waals surface area contributed by atoms with Gasteiger partial charge in [0.25, 0.3) is 0 Å². The largest absolute Gasteiger partial charge is 0.486 e. The number of benzene rings is 2. The van der Waals surface area contributed by atoms with Crippen LogP contribution in [0.4, 0.5) is 4.39 Å². The molecule has 1 saturated carbocycles. The van der Waals surface area contributed by atoms with Crippen molar-refractivity contribution < 1.29 is 13.9 Å². The van der Waals surface area contributed by atoms with Gasteiger partial charge < -0.3 is 9.64 Å². The summed E-state index contributed by atoms with van der Waals surface area (Å²) in [4.78, 5) is 17.0. The van der Waals surface area contributed by atoms with Crippen LogP contribution >= 0.6 is 0 Å². The summed E-state index contributed by atoms with van der Waals surface area (Å²) in [6, 6.07) is 14.7. The average Bonchev–Trinajstić information content (AvgIpc) is 2.84. The first-order valence-electron chi connectivity index (χ1n) is 10.4. The van der Waals surface area contributed by atoms with E-state index in [1.54, 1.807) is 12.1 Å². The van der Waals surface area contributed by atoms with Crippen LogP contribution in [0.1, 0.15) is 36.8 Å². The highest BCUT2D eigenvalue weighted by atomic mass is 19.1. The molecule has 0 radical (unpaired) electrons. The molecular formula is C24H29FN2O2. The Morgan fingerprint density at radius 1 is 1.17 bits per heavy atom. The van der Waals surface area contributed by atoms with Crippen LogP contribution in [0.5, 0.6) is 5.75 Å². The average molecular weight is 397 g/mol. The zero-order valence-electron chi connectivity index (χ0n) is 17.2. The molecule has 1 amide bonds. The standard InChI is InChI=1S/C24H29FN2O2/c1-26-16-19-5-3-4-6-22(19)29-24(17-26)13-11-21(12-14-24)27(2)23(28)15-18-7-9-20(25)10-8-18/h3-10,21H,11-17H2,1-2H3. The highest BCUT2D eigenvalue weighted by molar-refractivity contribution is 5.78. The maximum absolute atomic E-state index is 13.1. The third-order valence-corrected chi connectivity index (χ3v) is 6.37. The Morgan fingerprint density at radius 2 is 1.86 bits per heavy atom. The van der Waals surface area contributed by atoms with E-state index in [2.05, 4.69) is 30.1 Å². The summed E-state index contributed by atoms with van der Waals surface area (Å²) in [6.07, 6.45) is 4.05. The number of para-hydroxylation sites is 1. The van der Waals surface area contributed by atoms with Gasteiger partial charge >= 0.3 is 0 Å². The number of nitrogens with zero attached hydrogens (tertiary/aromatic N) is 2. The summed E-state index contributed by atoms with van der Waals surface area (Å²) < 4.78 is 19.7. The summed E-state index contributed by atoms with van der Waals surface area (Å²) in [6.45, 7) is 1.80. The van der Waals surface area contributed by atoms with Gasteiger partial charge in [-0.05, 0) is 56.5 Å². The molecule has 1 aliphatic heterocycles. The molecular weight excluding hydrogens is 367 g/mol. The number of halogens is 1. The van der Waals surface area contributed by atoms with Crippen molar-refractivity contribution in [1.29, 1.82) is 0 Å². The third kappa shape index (κ3) is 4.45. The lowest BCUT2D eigenvalue weighted by molar-refractivity contribution is -0.133. The molecule has 154 valence electrons. The van der Waals surface area contributed by atoms with Crippen LogP contribution in [0, 0.1) is 5.82 Å². The van der Waals surface area contributed by atoms with Crippen LogP contribution in [-0.2, 0) is 17.8 Å². The van der Waals surface area contributed by atoms with E-state index < -0.39 is 0 Å². The Labute approximate surface area is 172 Å². The van der Waals surface area contributed by atoms with E-state index in [-0.39, 0.29) is 23.4 Å². The number of hydrogen-bond donors (Lipinski definition) is 0. The molecule has 2 aliphatic rings. The molecule has 1 fully saturated rings. The van der Waals surface area contributed by atoms with Crippen molar-refractivity contribution >= 4 is 5.91 Å². The van der Waals surface area contributed by atoms with E-state index in [4.69, 9.17) is 4.74 Å². The Morgan fingerprint density at radius 3 is 2.59 bits per heavy atom. The molecule has 2 aromatic carbocycles. The number of fused-ring (bicyclic) bond motifs is 1. The first-order chi connectivity index (χ1) is 13.9. The van der Waals surface area contributed by atoms with Gasteiger partial charge in [-0.3, -0.25) is 9.69 Å². The number of likely N-dealkylation sites (N-methyl/N-ethyl adjacent to an activating group) is 2.